The molecule has 92 valence electrons. The van der Waals surface area contributed by atoms with Gasteiger partial charge in [0.15, 0.2) is 0 Å². The molecule has 2 N–H and O–H groups in total. The standard InChI is InChI=1S/C11H11ClFNO3/c1-2-8(11(16)17)14-10(15)6-4-3-5-7(13)9(6)12/h3-5,8H,2H2,1H3,(H,14,15)(H,16,17). The van der Waals surface area contributed by atoms with Crippen LogP contribution in [-0.4, -0.2) is 23.0 Å². The highest BCUT2D eigenvalue weighted by Gasteiger charge is 2.20. The van der Waals surface area contributed by atoms with Gasteiger partial charge in [-0.2, -0.15) is 0 Å². The van der Waals surface area contributed by atoms with Gasteiger partial charge in [0.2, 0.25) is 0 Å². The number of carbonyl (C=O) groups is 2. The first-order chi connectivity index (χ1) is 7.97. The third-order valence-electron chi connectivity index (χ3n) is 2.21. The number of halogens is 2. The van der Waals surface area contributed by atoms with E-state index in [4.69, 9.17) is 16.7 Å². The molecule has 0 saturated carbocycles. The summed E-state index contributed by atoms with van der Waals surface area (Å²) in [6, 6.07) is 2.77. The van der Waals surface area contributed by atoms with Gasteiger partial charge in [-0.15, -0.1) is 0 Å². The van der Waals surface area contributed by atoms with E-state index < -0.39 is 23.7 Å². The fourth-order valence-corrected chi connectivity index (χ4v) is 1.47. The van der Waals surface area contributed by atoms with E-state index in [0.717, 1.165) is 6.07 Å². The molecule has 0 spiro atoms. The summed E-state index contributed by atoms with van der Waals surface area (Å²) in [5.74, 6) is -2.57. The molecule has 0 radical (unpaired) electrons. The number of aliphatic carboxylic acids is 1. The van der Waals surface area contributed by atoms with Crippen LogP contribution < -0.4 is 5.32 Å². The fraction of sp³-hybridized carbons (Fsp3) is 0.273. The lowest BCUT2D eigenvalue weighted by molar-refractivity contribution is -0.139. The lowest BCUT2D eigenvalue weighted by Crippen LogP contribution is -2.40. The first-order valence-corrected chi connectivity index (χ1v) is 5.32. The van der Waals surface area contributed by atoms with Crippen molar-refractivity contribution in [1.82, 2.24) is 5.32 Å². The lowest BCUT2D eigenvalue weighted by Gasteiger charge is -2.12. The summed E-state index contributed by atoms with van der Waals surface area (Å²) < 4.78 is 13.1. The lowest BCUT2D eigenvalue weighted by atomic mass is 10.1. The Labute approximate surface area is 102 Å². The van der Waals surface area contributed by atoms with Gasteiger partial charge in [0.05, 0.1) is 10.6 Å². The molecule has 1 unspecified atom stereocenters. The Morgan fingerprint density at radius 1 is 1.53 bits per heavy atom. The second kappa shape index (κ2) is 5.63. The monoisotopic (exact) mass is 259 g/mol. The molecule has 17 heavy (non-hydrogen) atoms. The molecule has 6 heteroatoms. The Bertz CT molecular complexity index is 450. The van der Waals surface area contributed by atoms with Crippen molar-refractivity contribution in [3.63, 3.8) is 0 Å². The second-order valence-electron chi connectivity index (χ2n) is 3.37. The van der Waals surface area contributed by atoms with Gasteiger partial charge in [-0.3, -0.25) is 4.79 Å². The largest absolute Gasteiger partial charge is 0.480 e. The van der Waals surface area contributed by atoms with Crippen LogP contribution in [0.25, 0.3) is 0 Å². The number of carboxylic acid groups (broad SMARTS) is 1. The van der Waals surface area contributed by atoms with Gasteiger partial charge in [-0.25, -0.2) is 9.18 Å². The molecule has 4 nitrogen and oxygen atoms in total. The predicted molar refractivity (Wildman–Crippen MR) is 60.6 cm³/mol. The summed E-state index contributed by atoms with van der Waals surface area (Å²) in [6.07, 6.45) is 0.230. The fourth-order valence-electron chi connectivity index (χ4n) is 1.25. The van der Waals surface area contributed by atoms with Crippen molar-refractivity contribution >= 4 is 23.5 Å². The third-order valence-corrected chi connectivity index (χ3v) is 2.59. The zero-order chi connectivity index (χ0) is 13.0. The van der Waals surface area contributed by atoms with Gasteiger partial charge in [0.25, 0.3) is 5.91 Å². The van der Waals surface area contributed by atoms with E-state index in [1.165, 1.54) is 12.1 Å². The highest BCUT2D eigenvalue weighted by molar-refractivity contribution is 6.34. The number of benzene rings is 1. The van der Waals surface area contributed by atoms with E-state index in [2.05, 4.69) is 5.32 Å². The smallest absolute Gasteiger partial charge is 0.326 e. The van der Waals surface area contributed by atoms with Crippen LogP contribution in [0.4, 0.5) is 4.39 Å². The maximum Gasteiger partial charge on any atom is 0.326 e. The molecule has 1 aromatic rings. The van der Waals surface area contributed by atoms with Crippen molar-refractivity contribution in [2.45, 2.75) is 19.4 Å². The first kappa shape index (κ1) is 13.4. The Hall–Kier alpha value is -1.62. The molecule has 1 rings (SSSR count). The summed E-state index contributed by atoms with van der Waals surface area (Å²) in [7, 11) is 0. The Morgan fingerprint density at radius 2 is 2.18 bits per heavy atom. The molecule has 1 amide bonds. The van der Waals surface area contributed by atoms with Crippen molar-refractivity contribution in [3.8, 4) is 0 Å². The molecule has 0 bridgehead atoms. The Morgan fingerprint density at radius 3 is 2.71 bits per heavy atom. The van der Waals surface area contributed by atoms with Crippen LogP contribution in [0.2, 0.25) is 5.02 Å². The van der Waals surface area contributed by atoms with Gasteiger partial charge in [0.1, 0.15) is 11.9 Å². The van der Waals surface area contributed by atoms with Crippen LogP contribution in [0.5, 0.6) is 0 Å². The number of rotatable bonds is 4. The topological polar surface area (TPSA) is 66.4 Å². The van der Waals surface area contributed by atoms with Gasteiger partial charge >= 0.3 is 5.97 Å². The maximum atomic E-state index is 13.1. The number of carbonyl (C=O) groups excluding carboxylic acids is 1. The minimum atomic E-state index is -1.15. The number of hydrogen-bond acceptors (Lipinski definition) is 2. The average molecular weight is 260 g/mol. The van der Waals surface area contributed by atoms with Crippen LogP contribution in [0, 0.1) is 5.82 Å². The third kappa shape index (κ3) is 3.17. The normalized spacial score (nSPS) is 11.9. The maximum absolute atomic E-state index is 13.1. The molecule has 0 aliphatic carbocycles. The summed E-state index contributed by atoms with van der Waals surface area (Å²) in [6.45, 7) is 1.62. The summed E-state index contributed by atoms with van der Waals surface area (Å²) in [4.78, 5) is 22.4. The van der Waals surface area contributed by atoms with Gasteiger partial charge in [0, 0.05) is 0 Å². The summed E-state index contributed by atoms with van der Waals surface area (Å²) >= 11 is 5.61. The number of hydrogen-bond donors (Lipinski definition) is 2. The van der Waals surface area contributed by atoms with E-state index >= 15 is 0 Å². The van der Waals surface area contributed by atoms with E-state index in [1.807, 2.05) is 0 Å². The molecule has 0 fully saturated rings. The van der Waals surface area contributed by atoms with Crippen LogP contribution in [-0.2, 0) is 4.79 Å². The zero-order valence-electron chi connectivity index (χ0n) is 9.04. The first-order valence-electron chi connectivity index (χ1n) is 4.95. The Balaban J connectivity index is 2.90. The van der Waals surface area contributed by atoms with E-state index in [9.17, 15) is 14.0 Å². The summed E-state index contributed by atoms with van der Waals surface area (Å²) in [5.41, 5.74) is -0.0774. The summed E-state index contributed by atoms with van der Waals surface area (Å²) in [5, 5.41) is 10.7. The molecule has 0 heterocycles. The molecular formula is C11H11ClFNO3. The van der Waals surface area contributed by atoms with Crippen LogP contribution in [0.15, 0.2) is 18.2 Å². The molecular weight excluding hydrogens is 249 g/mol. The van der Waals surface area contributed by atoms with Gasteiger partial charge in [-0.1, -0.05) is 24.6 Å². The number of amides is 1. The minimum absolute atomic E-state index is 0.0774. The van der Waals surface area contributed by atoms with Crippen molar-refractivity contribution < 1.29 is 19.1 Å². The van der Waals surface area contributed by atoms with E-state index in [1.54, 1.807) is 6.92 Å². The zero-order valence-corrected chi connectivity index (χ0v) is 9.79. The highest BCUT2D eigenvalue weighted by Crippen LogP contribution is 2.19. The molecule has 0 aliphatic heterocycles. The Kier molecular flexibility index (Phi) is 4.45. The average Bonchev–Trinajstić information content (AvgIpc) is 2.28. The van der Waals surface area contributed by atoms with Crippen LogP contribution in [0.1, 0.15) is 23.7 Å². The van der Waals surface area contributed by atoms with Crippen LogP contribution in [0.3, 0.4) is 0 Å². The van der Waals surface area contributed by atoms with Crippen molar-refractivity contribution in [2.24, 2.45) is 0 Å². The predicted octanol–water partition coefficient (Wildman–Crippen LogP) is 2.07. The molecule has 0 saturated heterocycles. The van der Waals surface area contributed by atoms with Gasteiger partial charge in [-0.05, 0) is 18.6 Å². The second-order valence-corrected chi connectivity index (χ2v) is 3.75. The van der Waals surface area contributed by atoms with E-state index in [0.29, 0.717) is 0 Å². The van der Waals surface area contributed by atoms with E-state index in [-0.39, 0.29) is 17.0 Å². The van der Waals surface area contributed by atoms with Crippen LogP contribution >= 0.6 is 11.6 Å². The minimum Gasteiger partial charge on any atom is -0.480 e. The number of carboxylic acids is 1. The molecule has 0 aliphatic rings. The SMILES string of the molecule is CCC(NC(=O)c1cccc(F)c1Cl)C(=O)O. The highest BCUT2D eigenvalue weighted by atomic mass is 35.5. The quantitative estimate of drug-likeness (QED) is 0.870. The number of nitrogens with one attached hydrogen (secondary N) is 1. The molecule has 0 aromatic heterocycles. The van der Waals surface area contributed by atoms with Crippen molar-refractivity contribution in [2.75, 3.05) is 0 Å². The van der Waals surface area contributed by atoms with Crippen molar-refractivity contribution in [3.05, 3.63) is 34.6 Å². The molecule has 1 atom stereocenters. The van der Waals surface area contributed by atoms with Gasteiger partial charge < -0.3 is 10.4 Å². The molecule has 1 aromatic carbocycles. The van der Waals surface area contributed by atoms with Crippen molar-refractivity contribution in [1.29, 1.82) is 0 Å².